The van der Waals surface area contributed by atoms with Crippen LogP contribution in [0.4, 0.5) is 5.82 Å². The smallest absolute Gasteiger partial charge is 0.323 e. The molecule has 3 heterocycles. The number of nitrogen functional groups attached to an aromatic ring is 1. The molecule has 0 spiro atoms. The molecule has 1 aliphatic rings. The van der Waals surface area contributed by atoms with Crippen LogP contribution in [-0.2, 0) is 30.6 Å². The van der Waals surface area contributed by atoms with Gasteiger partial charge < -0.3 is 29.4 Å². The van der Waals surface area contributed by atoms with Gasteiger partial charge in [0.1, 0.15) is 35.8 Å². The summed E-state index contributed by atoms with van der Waals surface area (Å²) in [4.78, 5) is 24.7. The number of para-hydroxylation sites is 1. The molecule has 1 aromatic carbocycles. The zero-order valence-corrected chi connectivity index (χ0v) is 23.8. The van der Waals surface area contributed by atoms with Crippen LogP contribution in [0.15, 0.2) is 43.0 Å². The number of nitrogens with zero attached hydrogens (tertiary/aromatic N) is 4. The van der Waals surface area contributed by atoms with Gasteiger partial charge in [-0.1, -0.05) is 41.4 Å². The molecule has 206 valence electrons. The van der Waals surface area contributed by atoms with Gasteiger partial charge in [-0.3, -0.25) is 9.36 Å². The molecule has 12 nitrogen and oxygen atoms in total. The normalized spacial score (nSPS) is 23.3. The highest BCUT2D eigenvalue weighted by Gasteiger charge is 2.56. The van der Waals surface area contributed by atoms with Crippen LogP contribution < -0.4 is 15.3 Å². The average Bonchev–Trinajstić information content (AvgIpc) is 3.37. The van der Waals surface area contributed by atoms with Crippen molar-refractivity contribution in [3.05, 3.63) is 43.0 Å². The molecular formula is C22H27Cl2N6O6PS. The van der Waals surface area contributed by atoms with E-state index < -0.39 is 41.4 Å². The summed E-state index contributed by atoms with van der Waals surface area (Å²) in [5, 5.41) is 13.9. The number of anilines is 1. The number of nitrogens with one attached hydrogen (secondary N) is 1. The Balaban J connectivity index is 1.54. The van der Waals surface area contributed by atoms with E-state index in [0.717, 1.165) is 0 Å². The van der Waals surface area contributed by atoms with E-state index in [1.165, 1.54) is 17.2 Å². The lowest BCUT2D eigenvalue weighted by Crippen LogP contribution is -2.39. The lowest BCUT2D eigenvalue weighted by atomic mass is 10.2. The quantitative estimate of drug-likeness (QED) is 0.177. The monoisotopic (exact) mass is 604 g/mol. The maximum atomic E-state index is 12.4. The van der Waals surface area contributed by atoms with Crippen LogP contribution in [0.1, 0.15) is 27.0 Å². The first-order valence-electron chi connectivity index (χ1n) is 11.5. The topological polar surface area (TPSA) is 156 Å². The molecule has 1 saturated heterocycles. The summed E-state index contributed by atoms with van der Waals surface area (Å²) in [6.45, 7) is 1.39. The number of hydrogen-bond donors (Lipinski definition) is 3. The van der Waals surface area contributed by atoms with E-state index in [-0.39, 0.29) is 18.5 Å². The number of fused-ring (bicyclic) bond motifs is 1. The Morgan fingerprint density at radius 2 is 2.00 bits per heavy atom. The van der Waals surface area contributed by atoms with Crippen molar-refractivity contribution in [1.82, 2.24) is 24.6 Å². The molecule has 5 atom stereocenters. The minimum atomic E-state index is -3.39. The first-order chi connectivity index (χ1) is 17.9. The highest BCUT2D eigenvalue weighted by molar-refractivity contribution is 8.09. The Morgan fingerprint density at radius 1 is 1.29 bits per heavy atom. The fourth-order valence-corrected chi connectivity index (χ4v) is 6.67. The van der Waals surface area contributed by atoms with Crippen molar-refractivity contribution in [2.45, 2.75) is 55.7 Å². The second-order valence-electron chi connectivity index (χ2n) is 8.76. The molecule has 0 radical (unpaired) electrons. The first-order valence-corrected chi connectivity index (χ1v) is 14.9. The number of imidazole rings is 1. The zero-order valence-electron chi connectivity index (χ0n) is 20.6. The Bertz CT molecular complexity index is 1330. The van der Waals surface area contributed by atoms with Crippen molar-refractivity contribution in [3.8, 4) is 5.75 Å². The number of alkyl halides is 2. The van der Waals surface area contributed by atoms with Gasteiger partial charge in [0.2, 0.25) is 0 Å². The van der Waals surface area contributed by atoms with Crippen molar-refractivity contribution in [2.75, 3.05) is 12.3 Å². The minimum Gasteiger partial charge on any atom is -0.462 e. The predicted octanol–water partition coefficient (Wildman–Crippen LogP) is 3.09. The van der Waals surface area contributed by atoms with Crippen molar-refractivity contribution in [3.63, 3.8) is 0 Å². The van der Waals surface area contributed by atoms with Gasteiger partial charge in [0.25, 0.3) is 0 Å². The molecule has 0 saturated carbocycles. The Kier molecular flexibility index (Phi) is 8.80. The van der Waals surface area contributed by atoms with E-state index >= 15 is 0 Å². The van der Waals surface area contributed by atoms with Crippen molar-refractivity contribution >= 4 is 64.6 Å². The summed E-state index contributed by atoms with van der Waals surface area (Å²) >= 11 is 18.8. The van der Waals surface area contributed by atoms with Gasteiger partial charge >= 0.3 is 12.6 Å². The predicted molar refractivity (Wildman–Crippen MR) is 145 cm³/mol. The molecule has 0 bridgehead atoms. The number of carbonyl (C=O) groups excluding carboxylic acids is 1. The number of rotatable bonds is 10. The van der Waals surface area contributed by atoms with Gasteiger partial charge in [0.15, 0.2) is 22.0 Å². The second kappa shape index (κ2) is 11.6. The standard InChI is InChI=1S/C22H27Cl2N6O6PS/c1-12(2)34-20(32)13(3)29-37(38,36-14-7-5-4-6-8-14)33-9-15-17(31)22(23,24)21(35-15)30-11-28-16-18(25)26-10-27-19(16)30/h4-8,10-13,15,17,21,31H,9H2,1-3H3,(H,29,38)(H2,25,26,27)/t13?,15-,17-,21-,37?/m1/s1. The van der Waals surface area contributed by atoms with E-state index in [2.05, 4.69) is 20.0 Å². The highest BCUT2D eigenvalue weighted by Crippen LogP contribution is 2.50. The highest BCUT2D eigenvalue weighted by atomic mass is 35.5. The summed E-state index contributed by atoms with van der Waals surface area (Å²) < 4.78 is 22.9. The molecule has 3 aromatic rings. The fourth-order valence-electron chi connectivity index (χ4n) is 3.65. The zero-order chi connectivity index (χ0) is 27.7. The van der Waals surface area contributed by atoms with E-state index in [0.29, 0.717) is 16.9 Å². The number of ether oxygens (including phenoxy) is 2. The van der Waals surface area contributed by atoms with Crippen LogP contribution in [0.25, 0.3) is 11.2 Å². The molecular weight excluding hydrogens is 578 g/mol. The number of hydrogen-bond acceptors (Lipinski definition) is 11. The Morgan fingerprint density at radius 3 is 2.68 bits per heavy atom. The molecule has 4 rings (SSSR count). The molecule has 2 aromatic heterocycles. The Hall–Kier alpha value is -2.09. The Labute approximate surface area is 234 Å². The van der Waals surface area contributed by atoms with Gasteiger partial charge in [0.05, 0.1) is 19.0 Å². The van der Waals surface area contributed by atoms with Crippen molar-refractivity contribution in [2.24, 2.45) is 0 Å². The average molecular weight is 605 g/mol. The molecule has 1 aliphatic heterocycles. The number of aliphatic hydroxyl groups excluding tert-OH is 1. The number of halogens is 2. The van der Waals surface area contributed by atoms with E-state index in [9.17, 15) is 9.90 Å². The molecule has 38 heavy (non-hydrogen) atoms. The summed E-state index contributed by atoms with van der Waals surface area (Å²) in [5.74, 6) is 0.0575. The number of carbonyl (C=O) groups is 1. The lowest BCUT2D eigenvalue weighted by Gasteiger charge is -2.28. The van der Waals surface area contributed by atoms with Crippen molar-refractivity contribution < 1.29 is 28.4 Å². The fraction of sp³-hybridized carbons (Fsp3) is 0.455. The van der Waals surface area contributed by atoms with Gasteiger partial charge in [-0.2, -0.15) is 0 Å². The van der Waals surface area contributed by atoms with E-state index in [1.807, 2.05) is 6.07 Å². The van der Waals surface area contributed by atoms with Crippen LogP contribution in [0.2, 0.25) is 0 Å². The van der Waals surface area contributed by atoms with Gasteiger partial charge in [-0.05, 0) is 44.7 Å². The first kappa shape index (κ1) is 28.9. The van der Waals surface area contributed by atoms with E-state index in [4.69, 9.17) is 59.3 Å². The largest absolute Gasteiger partial charge is 0.462 e. The van der Waals surface area contributed by atoms with Crippen LogP contribution in [-0.4, -0.2) is 65.9 Å². The van der Waals surface area contributed by atoms with Crippen LogP contribution in [0.3, 0.4) is 0 Å². The summed E-state index contributed by atoms with van der Waals surface area (Å²) in [5.41, 5.74) is 6.52. The maximum Gasteiger partial charge on any atom is 0.323 e. The number of nitrogens with two attached hydrogens (primary N) is 1. The number of benzene rings is 1. The molecule has 0 amide bonds. The van der Waals surface area contributed by atoms with Gasteiger partial charge in [0, 0.05) is 0 Å². The molecule has 2 unspecified atom stereocenters. The van der Waals surface area contributed by atoms with Gasteiger partial charge in [-0.15, -0.1) is 0 Å². The number of aliphatic hydroxyl groups is 1. The maximum absolute atomic E-state index is 12.4. The van der Waals surface area contributed by atoms with E-state index in [1.54, 1.807) is 45.0 Å². The number of aromatic nitrogens is 4. The van der Waals surface area contributed by atoms with Crippen LogP contribution in [0, 0.1) is 0 Å². The SMILES string of the molecule is CC(C)OC(=O)C(C)NP(=S)(OC[C@H]1O[C@@H](n2cnc3c(N)ncnc32)C(Cl)(Cl)[C@@H]1O)Oc1ccccc1. The number of esters is 1. The molecule has 1 fully saturated rings. The third kappa shape index (κ3) is 6.21. The molecule has 4 N–H and O–H groups in total. The van der Waals surface area contributed by atoms with Gasteiger partial charge in [-0.25, -0.2) is 20.0 Å². The molecule has 0 aliphatic carbocycles. The molecule has 16 heteroatoms. The van der Waals surface area contributed by atoms with Crippen molar-refractivity contribution in [1.29, 1.82) is 0 Å². The van der Waals surface area contributed by atoms with Crippen LogP contribution in [0.5, 0.6) is 5.75 Å². The third-order valence-electron chi connectivity index (χ3n) is 5.45. The van der Waals surface area contributed by atoms with Crippen LogP contribution >= 0.6 is 29.8 Å². The minimum absolute atomic E-state index is 0.164. The lowest BCUT2D eigenvalue weighted by molar-refractivity contribution is -0.149. The summed E-state index contributed by atoms with van der Waals surface area (Å²) in [7, 11) is 0. The summed E-state index contributed by atoms with van der Waals surface area (Å²) in [6.07, 6.45) is -1.21. The summed E-state index contributed by atoms with van der Waals surface area (Å²) in [6, 6.07) is 7.88. The second-order valence-corrected chi connectivity index (χ2v) is 13.3. The third-order valence-corrected chi connectivity index (χ3v) is 8.77.